The fourth-order valence-electron chi connectivity index (χ4n) is 2.41. The number of hydrogen-bond acceptors (Lipinski definition) is 3. The van der Waals surface area contributed by atoms with Gasteiger partial charge < -0.3 is 16.2 Å². The minimum Gasteiger partial charge on any atom is -0.481 e. The van der Waals surface area contributed by atoms with Gasteiger partial charge in [0.1, 0.15) is 0 Å². The number of carbonyl (C=O) groups is 2. The van der Waals surface area contributed by atoms with Crippen LogP contribution in [0.4, 0.5) is 0 Å². The van der Waals surface area contributed by atoms with E-state index < -0.39 is 5.97 Å². The number of nitrogens with one attached hydrogen (secondary N) is 1. The number of carboxylic acid groups (broad SMARTS) is 1. The van der Waals surface area contributed by atoms with E-state index in [4.69, 9.17) is 10.8 Å². The second-order valence-electron chi connectivity index (χ2n) is 5.58. The van der Waals surface area contributed by atoms with Gasteiger partial charge in [-0.1, -0.05) is 20.3 Å². The summed E-state index contributed by atoms with van der Waals surface area (Å²) in [5, 5.41) is 11.7. The van der Waals surface area contributed by atoms with Crippen molar-refractivity contribution < 1.29 is 14.7 Å². The van der Waals surface area contributed by atoms with E-state index >= 15 is 0 Å². The summed E-state index contributed by atoms with van der Waals surface area (Å²) in [5.41, 5.74) is 5.86. The molecule has 5 heteroatoms. The number of nitrogens with two attached hydrogens (primary N) is 1. The molecule has 1 rings (SSSR count). The van der Waals surface area contributed by atoms with Gasteiger partial charge in [-0.05, 0) is 25.2 Å². The van der Waals surface area contributed by atoms with E-state index in [9.17, 15) is 9.59 Å². The van der Waals surface area contributed by atoms with Crippen molar-refractivity contribution in [1.82, 2.24) is 5.32 Å². The Morgan fingerprint density at radius 3 is 2.56 bits per heavy atom. The van der Waals surface area contributed by atoms with Crippen molar-refractivity contribution in [2.45, 2.75) is 58.0 Å². The van der Waals surface area contributed by atoms with Crippen LogP contribution in [-0.2, 0) is 9.59 Å². The monoisotopic (exact) mass is 256 g/mol. The van der Waals surface area contributed by atoms with Crippen LogP contribution in [0.3, 0.4) is 0 Å². The maximum atomic E-state index is 12.1. The molecule has 0 aromatic heterocycles. The molecule has 0 aromatic rings. The summed E-state index contributed by atoms with van der Waals surface area (Å²) in [7, 11) is 0. The minimum atomic E-state index is -0.880. The molecule has 1 fully saturated rings. The fraction of sp³-hybridized carbons (Fsp3) is 0.846. The highest BCUT2D eigenvalue weighted by Gasteiger charge is 2.28. The molecule has 1 aliphatic carbocycles. The molecule has 104 valence electrons. The number of carbonyl (C=O) groups excluding carboxylic acids is 1. The van der Waals surface area contributed by atoms with E-state index in [-0.39, 0.29) is 36.2 Å². The van der Waals surface area contributed by atoms with E-state index in [1.54, 1.807) is 0 Å². The van der Waals surface area contributed by atoms with E-state index in [2.05, 4.69) is 5.32 Å². The van der Waals surface area contributed by atoms with Gasteiger partial charge in [-0.2, -0.15) is 0 Å². The zero-order chi connectivity index (χ0) is 13.7. The van der Waals surface area contributed by atoms with Gasteiger partial charge in [0.05, 0.1) is 6.42 Å². The second-order valence-corrected chi connectivity index (χ2v) is 5.58. The Hall–Kier alpha value is -1.10. The van der Waals surface area contributed by atoms with Gasteiger partial charge >= 0.3 is 5.97 Å². The van der Waals surface area contributed by atoms with Crippen molar-refractivity contribution in [3.8, 4) is 0 Å². The van der Waals surface area contributed by atoms with Crippen molar-refractivity contribution in [3.05, 3.63) is 0 Å². The molecule has 4 N–H and O–H groups in total. The second kappa shape index (κ2) is 6.73. The van der Waals surface area contributed by atoms with Crippen LogP contribution in [-0.4, -0.2) is 29.1 Å². The molecular formula is C13H24N2O3. The summed E-state index contributed by atoms with van der Waals surface area (Å²) in [4.78, 5) is 22.8. The number of carboxylic acids is 1. The molecule has 0 spiro atoms. The van der Waals surface area contributed by atoms with Crippen molar-refractivity contribution in [3.63, 3.8) is 0 Å². The number of hydrogen-bond donors (Lipinski definition) is 3. The van der Waals surface area contributed by atoms with E-state index in [1.165, 1.54) is 0 Å². The molecule has 1 aliphatic rings. The molecule has 1 amide bonds. The Morgan fingerprint density at radius 2 is 2.06 bits per heavy atom. The first-order valence-electron chi connectivity index (χ1n) is 6.68. The lowest BCUT2D eigenvalue weighted by molar-refractivity contribution is -0.138. The summed E-state index contributed by atoms with van der Waals surface area (Å²) < 4.78 is 0. The largest absolute Gasteiger partial charge is 0.481 e. The fourth-order valence-corrected chi connectivity index (χ4v) is 2.41. The van der Waals surface area contributed by atoms with E-state index in [0.29, 0.717) is 6.42 Å². The van der Waals surface area contributed by atoms with Gasteiger partial charge in [0.25, 0.3) is 0 Å². The van der Waals surface area contributed by atoms with Gasteiger partial charge in [0, 0.05) is 18.0 Å². The van der Waals surface area contributed by atoms with Crippen LogP contribution < -0.4 is 11.1 Å². The third kappa shape index (κ3) is 4.64. The summed E-state index contributed by atoms with van der Waals surface area (Å²) in [6.45, 7) is 3.83. The number of amides is 1. The highest BCUT2D eigenvalue weighted by molar-refractivity contribution is 5.80. The third-order valence-corrected chi connectivity index (χ3v) is 3.61. The molecule has 0 aromatic carbocycles. The van der Waals surface area contributed by atoms with Crippen LogP contribution in [0.5, 0.6) is 0 Å². The van der Waals surface area contributed by atoms with Crippen LogP contribution in [0.25, 0.3) is 0 Å². The third-order valence-electron chi connectivity index (χ3n) is 3.61. The molecule has 0 bridgehead atoms. The first-order chi connectivity index (χ1) is 8.40. The van der Waals surface area contributed by atoms with Gasteiger partial charge in [-0.25, -0.2) is 0 Å². The first kappa shape index (κ1) is 15.0. The van der Waals surface area contributed by atoms with E-state index in [1.807, 2.05) is 13.8 Å². The zero-order valence-corrected chi connectivity index (χ0v) is 11.2. The van der Waals surface area contributed by atoms with Crippen molar-refractivity contribution in [2.75, 3.05) is 0 Å². The van der Waals surface area contributed by atoms with Crippen LogP contribution in [0.1, 0.15) is 46.0 Å². The normalized spacial score (nSPS) is 25.8. The molecule has 3 unspecified atom stereocenters. The Kier molecular flexibility index (Phi) is 5.59. The molecule has 0 aliphatic heterocycles. The standard InChI is InChI=1S/C13H24N2O3/c1-8(2)11(7-12(16)17)15-13(18)9-4-3-5-10(14)6-9/h8-11H,3-7,14H2,1-2H3,(H,15,18)(H,16,17). The summed E-state index contributed by atoms with van der Waals surface area (Å²) in [6, 6.07) is -0.195. The molecule has 18 heavy (non-hydrogen) atoms. The lowest BCUT2D eigenvalue weighted by Gasteiger charge is -2.28. The van der Waals surface area contributed by atoms with Crippen molar-refractivity contribution in [1.29, 1.82) is 0 Å². The summed E-state index contributed by atoms with van der Waals surface area (Å²) in [6.07, 6.45) is 3.50. The Labute approximate surface area is 108 Å². The molecule has 3 atom stereocenters. The first-order valence-corrected chi connectivity index (χ1v) is 6.68. The van der Waals surface area contributed by atoms with Gasteiger partial charge in [0.15, 0.2) is 0 Å². The Bertz CT molecular complexity index is 305. The average molecular weight is 256 g/mol. The molecule has 0 heterocycles. The minimum absolute atomic E-state index is 0.0256. The highest BCUT2D eigenvalue weighted by Crippen LogP contribution is 2.23. The van der Waals surface area contributed by atoms with Crippen molar-refractivity contribution in [2.24, 2.45) is 17.6 Å². The molecule has 1 saturated carbocycles. The maximum Gasteiger partial charge on any atom is 0.305 e. The van der Waals surface area contributed by atoms with Crippen LogP contribution >= 0.6 is 0 Å². The predicted octanol–water partition coefficient (Wildman–Crippen LogP) is 1.12. The number of aliphatic carboxylic acids is 1. The smallest absolute Gasteiger partial charge is 0.305 e. The Balaban J connectivity index is 2.52. The topological polar surface area (TPSA) is 92.4 Å². The molecule has 5 nitrogen and oxygen atoms in total. The quantitative estimate of drug-likeness (QED) is 0.687. The average Bonchev–Trinajstić information content (AvgIpc) is 2.27. The number of rotatable bonds is 5. The highest BCUT2D eigenvalue weighted by atomic mass is 16.4. The summed E-state index contributed by atoms with van der Waals surface area (Å²) in [5.74, 6) is -0.856. The molecule has 0 saturated heterocycles. The predicted molar refractivity (Wildman–Crippen MR) is 69.0 cm³/mol. The van der Waals surface area contributed by atoms with Gasteiger partial charge in [0.2, 0.25) is 5.91 Å². The van der Waals surface area contributed by atoms with Crippen LogP contribution in [0.15, 0.2) is 0 Å². The lowest BCUT2D eigenvalue weighted by atomic mass is 9.85. The Morgan fingerprint density at radius 1 is 1.39 bits per heavy atom. The van der Waals surface area contributed by atoms with Crippen molar-refractivity contribution >= 4 is 11.9 Å². The summed E-state index contributed by atoms with van der Waals surface area (Å²) >= 11 is 0. The van der Waals surface area contributed by atoms with Gasteiger partial charge in [-0.15, -0.1) is 0 Å². The van der Waals surface area contributed by atoms with Gasteiger partial charge in [-0.3, -0.25) is 9.59 Å². The molecule has 0 radical (unpaired) electrons. The van der Waals surface area contributed by atoms with E-state index in [0.717, 1.165) is 19.3 Å². The SMILES string of the molecule is CC(C)C(CC(=O)O)NC(=O)C1CCCC(N)C1. The van der Waals surface area contributed by atoms with Crippen LogP contribution in [0.2, 0.25) is 0 Å². The maximum absolute atomic E-state index is 12.1. The van der Waals surface area contributed by atoms with Crippen LogP contribution in [0, 0.1) is 11.8 Å². The molecular weight excluding hydrogens is 232 g/mol. The zero-order valence-electron chi connectivity index (χ0n) is 11.2. The lowest BCUT2D eigenvalue weighted by Crippen LogP contribution is -2.45.